The van der Waals surface area contributed by atoms with Crippen molar-refractivity contribution in [1.29, 1.82) is 5.26 Å². The third-order valence-corrected chi connectivity index (χ3v) is 5.20. The molecule has 1 saturated heterocycles. The number of aromatic carboxylic acids is 1. The van der Waals surface area contributed by atoms with E-state index in [1.54, 1.807) is 12.1 Å². The summed E-state index contributed by atoms with van der Waals surface area (Å²) in [5, 5.41) is 18.4. The summed E-state index contributed by atoms with van der Waals surface area (Å²) in [6, 6.07) is 6.98. The van der Waals surface area contributed by atoms with E-state index in [0.717, 1.165) is 70.5 Å². The van der Waals surface area contributed by atoms with Crippen LogP contribution in [0.3, 0.4) is 0 Å². The topological polar surface area (TPSA) is 82.8 Å². The number of unbranched alkanes of at least 4 members (excludes halogenated alkanes) is 2. The number of carboxylic acid groups (broad SMARTS) is 1. The highest BCUT2D eigenvalue weighted by molar-refractivity contribution is 5.91. The van der Waals surface area contributed by atoms with Gasteiger partial charge in [-0.15, -0.1) is 0 Å². The zero-order valence-electron chi connectivity index (χ0n) is 17.0. The molecule has 1 aromatic carbocycles. The maximum atomic E-state index is 11.2. The van der Waals surface area contributed by atoms with Gasteiger partial charge in [0.15, 0.2) is 6.29 Å². The lowest BCUT2D eigenvalue weighted by Gasteiger charge is -2.37. The number of hydrogen-bond donors (Lipinski definition) is 1. The first-order valence-corrected chi connectivity index (χ1v) is 10.4. The molecule has 0 aromatic heterocycles. The second-order valence-corrected chi connectivity index (χ2v) is 7.29. The van der Waals surface area contributed by atoms with Gasteiger partial charge in [0.05, 0.1) is 11.1 Å². The fraction of sp³-hybridized carbons (Fsp3) is 0.636. The molecule has 0 amide bonds. The first-order valence-electron chi connectivity index (χ1n) is 10.4. The maximum absolute atomic E-state index is 11.2. The monoisotopic (exact) mass is 388 g/mol. The van der Waals surface area contributed by atoms with E-state index in [1.807, 2.05) is 6.07 Å². The standard InChI is InChI=1S/C22H32N2O4/c1-3-5-13-27-22(28-14-6-4-2)17-9-11-24(12-10-17)19-7-8-20(21(25)26)18(15-19)16-23/h7-8,15,17,22H,3-6,9-14H2,1-2H3,(H,25,26). The molecule has 6 nitrogen and oxygen atoms in total. The Morgan fingerprint density at radius 3 is 2.32 bits per heavy atom. The molecule has 28 heavy (non-hydrogen) atoms. The number of piperidine rings is 1. The van der Waals surface area contributed by atoms with Crippen LogP contribution in [-0.4, -0.2) is 43.7 Å². The Hall–Kier alpha value is -2.10. The summed E-state index contributed by atoms with van der Waals surface area (Å²) in [5.41, 5.74) is 1.15. The van der Waals surface area contributed by atoms with Crippen LogP contribution in [0.25, 0.3) is 0 Å². The fourth-order valence-corrected chi connectivity index (χ4v) is 3.45. The number of nitriles is 1. The van der Waals surface area contributed by atoms with Crippen molar-refractivity contribution in [2.45, 2.75) is 58.7 Å². The summed E-state index contributed by atoms with van der Waals surface area (Å²) < 4.78 is 12.1. The van der Waals surface area contributed by atoms with E-state index in [2.05, 4.69) is 18.7 Å². The summed E-state index contributed by atoms with van der Waals surface area (Å²) in [4.78, 5) is 13.4. The molecule has 0 aliphatic carbocycles. The summed E-state index contributed by atoms with van der Waals surface area (Å²) in [6.07, 6.45) is 6.04. The molecule has 1 aromatic rings. The van der Waals surface area contributed by atoms with Crippen LogP contribution in [0.4, 0.5) is 5.69 Å². The molecular weight excluding hydrogens is 356 g/mol. The van der Waals surface area contributed by atoms with E-state index in [0.29, 0.717) is 5.92 Å². The third kappa shape index (κ3) is 6.22. The quantitative estimate of drug-likeness (QED) is 0.446. The van der Waals surface area contributed by atoms with Crippen LogP contribution in [0.1, 0.15) is 68.3 Å². The number of benzene rings is 1. The minimum absolute atomic E-state index is 0.0508. The van der Waals surface area contributed by atoms with Gasteiger partial charge in [-0.2, -0.15) is 5.26 Å². The minimum Gasteiger partial charge on any atom is -0.478 e. The van der Waals surface area contributed by atoms with Crippen LogP contribution in [0.15, 0.2) is 18.2 Å². The molecule has 1 aliphatic heterocycles. The van der Waals surface area contributed by atoms with Crippen molar-refractivity contribution in [2.75, 3.05) is 31.2 Å². The smallest absolute Gasteiger partial charge is 0.337 e. The number of anilines is 1. The second-order valence-electron chi connectivity index (χ2n) is 7.29. The van der Waals surface area contributed by atoms with Gasteiger partial charge in [0.2, 0.25) is 0 Å². The van der Waals surface area contributed by atoms with E-state index < -0.39 is 5.97 Å². The summed E-state index contributed by atoms with van der Waals surface area (Å²) in [7, 11) is 0. The zero-order chi connectivity index (χ0) is 20.4. The van der Waals surface area contributed by atoms with Crippen molar-refractivity contribution in [3.05, 3.63) is 29.3 Å². The number of rotatable bonds is 11. The molecule has 0 unspecified atom stereocenters. The lowest BCUT2D eigenvalue weighted by atomic mass is 9.95. The van der Waals surface area contributed by atoms with E-state index in [-0.39, 0.29) is 17.4 Å². The molecule has 0 spiro atoms. The van der Waals surface area contributed by atoms with Crippen LogP contribution >= 0.6 is 0 Å². The van der Waals surface area contributed by atoms with Crippen LogP contribution in [-0.2, 0) is 9.47 Å². The average molecular weight is 389 g/mol. The molecule has 0 atom stereocenters. The molecule has 6 heteroatoms. The molecule has 2 rings (SSSR count). The van der Waals surface area contributed by atoms with Crippen LogP contribution in [0, 0.1) is 17.2 Å². The highest BCUT2D eigenvalue weighted by atomic mass is 16.7. The van der Waals surface area contributed by atoms with Gasteiger partial charge in [0, 0.05) is 37.9 Å². The molecule has 1 aliphatic rings. The van der Waals surface area contributed by atoms with Gasteiger partial charge in [-0.3, -0.25) is 0 Å². The van der Waals surface area contributed by atoms with Gasteiger partial charge >= 0.3 is 5.97 Å². The Kier molecular flexibility index (Phi) is 9.26. The fourth-order valence-electron chi connectivity index (χ4n) is 3.45. The SMILES string of the molecule is CCCCOC(OCCCC)C1CCN(c2ccc(C(=O)O)c(C#N)c2)CC1. The molecule has 0 bridgehead atoms. The summed E-state index contributed by atoms with van der Waals surface area (Å²) >= 11 is 0. The Bertz CT molecular complexity index is 653. The molecule has 1 N–H and O–H groups in total. The van der Waals surface area contributed by atoms with Gasteiger partial charge in [-0.05, 0) is 43.9 Å². The first-order chi connectivity index (χ1) is 13.6. The number of carbonyl (C=O) groups is 1. The number of hydrogen-bond acceptors (Lipinski definition) is 5. The summed E-state index contributed by atoms with van der Waals surface area (Å²) in [6.45, 7) is 7.45. The van der Waals surface area contributed by atoms with Gasteiger partial charge in [-0.1, -0.05) is 26.7 Å². The Morgan fingerprint density at radius 2 is 1.82 bits per heavy atom. The Labute approximate surface area is 168 Å². The molecule has 0 saturated carbocycles. The Morgan fingerprint density at radius 1 is 1.21 bits per heavy atom. The highest BCUT2D eigenvalue weighted by Gasteiger charge is 2.28. The van der Waals surface area contributed by atoms with Crippen molar-refractivity contribution in [2.24, 2.45) is 5.92 Å². The molecule has 1 heterocycles. The van der Waals surface area contributed by atoms with Crippen molar-refractivity contribution in [3.8, 4) is 6.07 Å². The maximum Gasteiger partial charge on any atom is 0.337 e. The van der Waals surface area contributed by atoms with Crippen LogP contribution < -0.4 is 4.90 Å². The number of carboxylic acids is 1. The van der Waals surface area contributed by atoms with E-state index in [1.165, 1.54) is 6.07 Å². The minimum atomic E-state index is -1.07. The molecular formula is C22H32N2O4. The first kappa shape index (κ1) is 22.2. The van der Waals surface area contributed by atoms with Crippen LogP contribution in [0.2, 0.25) is 0 Å². The van der Waals surface area contributed by atoms with Crippen molar-refractivity contribution in [3.63, 3.8) is 0 Å². The van der Waals surface area contributed by atoms with E-state index in [9.17, 15) is 15.2 Å². The van der Waals surface area contributed by atoms with Crippen molar-refractivity contribution < 1.29 is 19.4 Å². The Balaban J connectivity index is 1.97. The molecule has 154 valence electrons. The van der Waals surface area contributed by atoms with Crippen LogP contribution in [0.5, 0.6) is 0 Å². The van der Waals surface area contributed by atoms with E-state index >= 15 is 0 Å². The second kappa shape index (κ2) is 11.7. The molecule has 0 radical (unpaired) electrons. The largest absolute Gasteiger partial charge is 0.478 e. The number of ether oxygens (including phenoxy) is 2. The zero-order valence-corrected chi connectivity index (χ0v) is 17.0. The summed E-state index contributed by atoms with van der Waals surface area (Å²) in [5.74, 6) is -0.711. The molecule has 1 fully saturated rings. The van der Waals surface area contributed by atoms with Crippen molar-refractivity contribution in [1.82, 2.24) is 0 Å². The predicted octanol–water partition coefficient (Wildman–Crippen LogP) is 4.43. The van der Waals surface area contributed by atoms with E-state index in [4.69, 9.17) is 9.47 Å². The van der Waals surface area contributed by atoms with Crippen molar-refractivity contribution >= 4 is 11.7 Å². The van der Waals surface area contributed by atoms with Gasteiger partial charge < -0.3 is 19.5 Å². The highest BCUT2D eigenvalue weighted by Crippen LogP contribution is 2.28. The lowest BCUT2D eigenvalue weighted by Crippen LogP contribution is -2.40. The number of nitrogens with zero attached hydrogens (tertiary/aromatic N) is 2. The predicted molar refractivity (Wildman–Crippen MR) is 109 cm³/mol. The van der Waals surface area contributed by atoms with Gasteiger partial charge in [0.25, 0.3) is 0 Å². The third-order valence-electron chi connectivity index (χ3n) is 5.20. The van der Waals surface area contributed by atoms with Gasteiger partial charge in [-0.25, -0.2) is 4.79 Å². The average Bonchev–Trinajstić information content (AvgIpc) is 2.72. The van der Waals surface area contributed by atoms with Gasteiger partial charge in [0.1, 0.15) is 6.07 Å². The lowest BCUT2D eigenvalue weighted by molar-refractivity contribution is -0.177. The normalized spacial score (nSPS) is 15.0.